The summed E-state index contributed by atoms with van der Waals surface area (Å²) < 4.78 is 10.8. The number of H-pyrrole nitrogens is 1. The highest BCUT2D eigenvalue weighted by atomic mass is 32.2. The van der Waals surface area contributed by atoms with Crippen molar-refractivity contribution in [3.05, 3.63) is 74.2 Å². The van der Waals surface area contributed by atoms with Gasteiger partial charge in [-0.3, -0.25) is 19.3 Å². The summed E-state index contributed by atoms with van der Waals surface area (Å²) in [6.07, 6.45) is 0.815. The van der Waals surface area contributed by atoms with E-state index in [1.165, 1.54) is 16.2 Å². The van der Waals surface area contributed by atoms with E-state index < -0.39 is 11.9 Å². The number of anilines is 1. The Labute approximate surface area is 232 Å². The van der Waals surface area contributed by atoms with Crippen LogP contribution in [0.4, 0.5) is 5.69 Å². The molecule has 3 fully saturated rings. The van der Waals surface area contributed by atoms with E-state index in [0.29, 0.717) is 11.3 Å². The van der Waals surface area contributed by atoms with Crippen LogP contribution in [0.2, 0.25) is 0 Å². The van der Waals surface area contributed by atoms with Gasteiger partial charge in [0.05, 0.1) is 41.8 Å². The van der Waals surface area contributed by atoms with Crippen LogP contribution in [0, 0.1) is 29.6 Å². The lowest BCUT2D eigenvalue weighted by molar-refractivity contribution is -0.123. The standard InChI is InChI=1S/C29H26N2O6S2/c1-3-37-28(34)13-8-10-14(11-9-13)31-26(32)21-16-12-17(22(21)27(31)33)23-20(16)19(15-6-4-5-7-18(15)36-2)24-25(38-23)30-29(35)39-24/h4-11,16-17,19-23H,3,12H2,1-2H3,(H,30,35)/t16?,17?,19-,20?,21?,22?,23?/m1/s1. The van der Waals surface area contributed by atoms with Crippen LogP contribution in [0.5, 0.6) is 5.75 Å². The van der Waals surface area contributed by atoms with E-state index in [9.17, 15) is 19.2 Å². The third-order valence-electron chi connectivity index (χ3n) is 8.83. The predicted molar refractivity (Wildman–Crippen MR) is 146 cm³/mol. The first-order valence-electron chi connectivity index (χ1n) is 13.1. The van der Waals surface area contributed by atoms with Gasteiger partial charge in [-0.15, -0.1) is 11.8 Å². The van der Waals surface area contributed by atoms with Crippen molar-refractivity contribution in [2.45, 2.75) is 29.5 Å². The van der Waals surface area contributed by atoms with Crippen molar-refractivity contribution in [1.82, 2.24) is 4.98 Å². The van der Waals surface area contributed by atoms with Gasteiger partial charge in [-0.1, -0.05) is 29.5 Å². The maximum Gasteiger partial charge on any atom is 0.338 e. The smallest absolute Gasteiger partial charge is 0.338 e. The molecular weight excluding hydrogens is 536 g/mol. The number of methoxy groups -OCH3 is 1. The second-order valence-electron chi connectivity index (χ2n) is 10.5. The highest BCUT2D eigenvalue weighted by molar-refractivity contribution is 8.00. The number of aromatic nitrogens is 1. The third-order valence-corrected chi connectivity index (χ3v) is 11.4. The van der Waals surface area contributed by atoms with Gasteiger partial charge in [-0.25, -0.2) is 4.79 Å². The number of rotatable bonds is 5. The minimum absolute atomic E-state index is 0.0121. The molecule has 7 atom stereocenters. The zero-order valence-electron chi connectivity index (χ0n) is 21.3. The van der Waals surface area contributed by atoms with Crippen molar-refractivity contribution in [2.24, 2.45) is 29.6 Å². The number of nitrogens with zero attached hydrogens (tertiary/aromatic N) is 1. The van der Waals surface area contributed by atoms with Gasteiger partial charge in [-0.05, 0) is 61.4 Å². The molecule has 200 valence electrons. The largest absolute Gasteiger partial charge is 0.496 e. The number of imide groups is 1. The molecule has 2 bridgehead atoms. The molecular formula is C29H26N2O6S2. The molecule has 2 aliphatic carbocycles. The Bertz CT molecular complexity index is 1560. The highest BCUT2D eigenvalue weighted by Gasteiger charge is 2.69. The number of para-hydroxylation sites is 1. The topological polar surface area (TPSA) is 106 Å². The lowest BCUT2D eigenvalue weighted by atomic mass is 9.68. The Kier molecular flexibility index (Phi) is 5.75. The number of thioether (sulfide) groups is 1. The number of amides is 2. The molecule has 8 nitrogen and oxygen atoms in total. The van der Waals surface area contributed by atoms with Gasteiger partial charge < -0.3 is 14.5 Å². The molecule has 1 N–H and O–H groups in total. The van der Waals surface area contributed by atoms with Crippen molar-refractivity contribution in [2.75, 3.05) is 18.6 Å². The quantitative estimate of drug-likeness (QED) is 0.365. The monoisotopic (exact) mass is 562 g/mol. The average molecular weight is 563 g/mol. The summed E-state index contributed by atoms with van der Waals surface area (Å²) in [5.41, 5.74) is 1.87. The number of aromatic amines is 1. The Balaban J connectivity index is 1.27. The molecule has 2 aromatic carbocycles. The molecule has 0 radical (unpaired) electrons. The van der Waals surface area contributed by atoms with Crippen LogP contribution in [0.25, 0.3) is 0 Å². The molecule has 0 spiro atoms. The summed E-state index contributed by atoms with van der Waals surface area (Å²) in [6.45, 7) is 2.01. The molecule has 2 aliphatic heterocycles. The van der Waals surface area contributed by atoms with Gasteiger partial charge in [0, 0.05) is 21.6 Å². The number of esters is 1. The van der Waals surface area contributed by atoms with Crippen molar-refractivity contribution in [3.8, 4) is 5.75 Å². The Morgan fingerprint density at radius 2 is 1.74 bits per heavy atom. The number of thiazole rings is 1. The average Bonchev–Trinajstić information content (AvgIpc) is 3.67. The Morgan fingerprint density at radius 1 is 1.03 bits per heavy atom. The van der Waals surface area contributed by atoms with Crippen LogP contribution in [0.15, 0.2) is 58.4 Å². The third kappa shape index (κ3) is 3.50. The van der Waals surface area contributed by atoms with Gasteiger partial charge in [0.1, 0.15) is 5.75 Å². The first-order chi connectivity index (χ1) is 18.9. The van der Waals surface area contributed by atoms with Gasteiger partial charge >= 0.3 is 10.8 Å². The first kappa shape index (κ1) is 24.7. The SMILES string of the molecule is CCOC(=O)c1ccc(N2C(=O)C3C4CC(C3C2=O)C2C4Sc3[nH]c(=O)sc3[C@@H]2c2ccccc2OC)cc1. The fourth-order valence-corrected chi connectivity index (χ4v) is 10.4. The van der Waals surface area contributed by atoms with E-state index in [4.69, 9.17) is 9.47 Å². The van der Waals surface area contributed by atoms with Gasteiger partial charge in [-0.2, -0.15) is 0 Å². The molecule has 39 heavy (non-hydrogen) atoms. The van der Waals surface area contributed by atoms with E-state index in [1.807, 2.05) is 24.3 Å². The number of benzene rings is 2. The molecule has 3 aromatic rings. The summed E-state index contributed by atoms with van der Waals surface area (Å²) in [4.78, 5) is 57.5. The van der Waals surface area contributed by atoms with E-state index in [1.54, 1.807) is 50.1 Å². The Hall–Kier alpha value is -3.37. The van der Waals surface area contributed by atoms with E-state index in [-0.39, 0.29) is 58.1 Å². The molecule has 2 saturated carbocycles. The molecule has 1 aromatic heterocycles. The zero-order valence-corrected chi connectivity index (χ0v) is 22.9. The normalized spacial score (nSPS) is 30.2. The number of ether oxygens (including phenoxy) is 2. The molecule has 4 aliphatic rings. The zero-order chi connectivity index (χ0) is 27.0. The number of carbonyl (C=O) groups excluding carboxylic acids is 3. The van der Waals surface area contributed by atoms with Crippen molar-refractivity contribution < 1.29 is 23.9 Å². The van der Waals surface area contributed by atoms with Crippen LogP contribution in [-0.4, -0.2) is 41.7 Å². The number of hydrogen-bond donors (Lipinski definition) is 1. The maximum atomic E-state index is 13.9. The van der Waals surface area contributed by atoms with Crippen molar-refractivity contribution in [1.29, 1.82) is 0 Å². The number of nitrogens with one attached hydrogen (secondary N) is 1. The lowest BCUT2D eigenvalue weighted by Crippen LogP contribution is -2.42. The molecule has 10 heteroatoms. The van der Waals surface area contributed by atoms with Crippen LogP contribution < -0.4 is 14.5 Å². The minimum atomic E-state index is -0.438. The fourth-order valence-electron chi connectivity index (χ4n) is 7.50. The molecule has 1 saturated heterocycles. The Morgan fingerprint density at radius 3 is 2.46 bits per heavy atom. The summed E-state index contributed by atoms with van der Waals surface area (Å²) in [6, 6.07) is 14.4. The van der Waals surface area contributed by atoms with Gasteiger partial charge in [0.25, 0.3) is 0 Å². The van der Waals surface area contributed by atoms with Gasteiger partial charge in [0.2, 0.25) is 11.8 Å². The minimum Gasteiger partial charge on any atom is -0.496 e. The predicted octanol–water partition coefficient (Wildman–Crippen LogP) is 4.30. The van der Waals surface area contributed by atoms with Crippen molar-refractivity contribution >= 4 is 46.6 Å². The molecule has 3 heterocycles. The summed E-state index contributed by atoms with van der Waals surface area (Å²) in [7, 11) is 1.65. The summed E-state index contributed by atoms with van der Waals surface area (Å²) in [5, 5.41) is 0.973. The second-order valence-corrected chi connectivity index (χ2v) is 12.7. The molecule has 6 unspecified atom stereocenters. The van der Waals surface area contributed by atoms with E-state index in [2.05, 4.69) is 4.98 Å². The number of fused-ring (bicyclic) bond motifs is 9. The van der Waals surface area contributed by atoms with E-state index in [0.717, 1.165) is 27.6 Å². The first-order valence-corrected chi connectivity index (χ1v) is 14.8. The molecule has 2 amide bonds. The summed E-state index contributed by atoms with van der Waals surface area (Å²) in [5.74, 6) is -0.752. The highest BCUT2D eigenvalue weighted by Crippen LogP contribution is 2.69. The van der Waals surface area contributed by atoms with Gasteiger partial charge in [0.15, 0.2) is 0 Å². The number of carbonyl (C=O) groups is 3. The van der Waals surface area contributed by atoms with Crippen LogP contribution in [-0.2, 0) is 14.3 Å². The van der Waals surface area contributed by atoms with Crippen molar-refractivity contribution in [3.63, 3.8) is 0 Å². The molecule has 7 rings (SSSR count). The fraction of sp³-hybridized carbons (Fsp3) is 0.379. The van der Waals surface area contributed by atoms with E-state index >= 15 is 0 Å². The summed E-state index contributed by atoms with van der Waals surface area (Å²) >= 11 is 2.90. The van der Waals surface area contributed by atoms with Crippen LogP contribution in [0.3, 0.4) is 0 Å². The second kappa shape index (κ2) is 9.09. The van der Waals surface area contributed by atoms with Crippen LogP contribution >= 0.6 is 23.1 Å². The lowest BCUT2D eigenvalue weighted by Gasteiger charge is -2.43. The number of hydrogen-bond acceptors (Lipinski definition) is 8. The maximum absolute atomic E-state index is 13.9. The van der Waals surface area contributed by atoms with Crippen LogP contribution in [0.1, 0.15) is 40.1 Å².